The number of nitrogens with zero attached hydrogens (tertiary/aromatic N) is 4. The van der Waals surface area contributed by atoms with Gasteiger partial charge in [0.2, 0.25) is 0 Å². The van der Waals surface area contributed by atoms with Crippen molar-refractivity contribution in [1.29, 1.82) is 0 Å². The second-order valence-corrected chi connectivity index (χ2v) is 9.70. The molecule has 31 heavy (non-hydrogen) atoms. The van der Waals surface area contributed by atoms with Gasteiger partial charge in [-0.3, -0.25) is 4.98 Å². The molecule has 1 saturated carbocycles. The van der Waals surface area contributed by atoms with Crippen molar-refractivity contribution in [2.45, 2.75) is 57.9 Å². The van der Waals surface area contributed by atoms with Crippen LogP contribution in [0.1, 0.15) is 57.7 Å². The zero-order valence-electron chi connectivity index (χ0n) is 18.5. The first-order valence-corrected chi connectivity index (χ1v) is 10.9. The SMILES string of the molecule is CC(N)CNc1nc(-c2ccnc3[nH]c(C(C)(C)C)cc23)nc2cncc(C3CC3)c12. The van der Waals surface area contributed by atoms with Crippen LogP contribution in [0.15, 0.2) is 30.7 Å². The molecule has 5 rings (SSSR count). The lowest BCUT2D eigenvalue weighted by Crippen LogP contribution is -2.25. The summed E-state index contributed by atoms with van der Waals surface area (Å²) in [6.07, 6.45) is 7.99. The Balaban J connectivity index is 1.71. The van der Waals surface area contributed by atoms with Gasteiger partial charge in [-0.25, -0.2) is 15.0 Å². The maximum absolute atomic E-state index is 6.03. The van der Waals surface area contributed by atoms with Crippen molar-refractivity contribution >= 4 is 27.8 Å². The summed E-state index contributed by atoms with van der Waals surface area (Å²) in [5.41, 5.74) is 11.1. The monoisotopic (exact) mass is 415 g/mol. The van der Waals surface area contributed by atoms with Gasteiger partial charge in [0.25, 0.3) is 0 Å². The summed E-state index contributed by atoms with van der Waals surface area (Å²) < 4.78 is 0. The molecule has 0 saturated heterocycles. The van der Waals surface area contributed by atoms with Crippen LogP contribution in [-0.2, 0) is 5.41 Å². The number of hydrogen-bond acceptors (Lipinski definition) is 6. The molecule has 7 heteroatoms. The highest BCUT2D eigenvalue weighted by atomic mass is 15.0. The van der Waals surface area contributed by atoms with Crippen LogP contribution in [0.3, 0.4) is 0 Å². The van der Waals surface area contributed by atoms with Crippen LogP contribution in [0, 0.1) is 0 Å². The second-order valence-electron chi connectivity index (χ2n) is 9.70. The molecule has 160 valence electrons. The fourth-order valence-electron chi connectivity index (χ4n) is 3.94. The molecule has 4 aromatic rings. The molecular weight excluding hydrogens is 386 g/mol. The van der Waals surface area contributed by atoms with Gasteiger partial charge < -0.3 is 16.0 Å². The van der Waals surface area contributed by atoms with Crippen LogP contribution in [0.25, 0.3) is 33.3 Å². The summed E-state index contributed by atoms with van der Waals surface area (Å²) >= 11 is 0. The fraction of sp³-hybridized carbons (Fsp3) is 0.417. The first-order valence-electron chi connectivity index (χ1n) is 10.9. The number of aromatic nitrogens is 5. The number of pyridine rings is 2. The number of hydrogen-bond donors (Lipinski definition) is 3. The third kappa shape index (κ3) is 3.74. The lowest BCUT2D eigenvalue weighted by atomic mass is 9.92. The maximum atomic E-state index is 6.03. The Kier molecular flexibility index (Phi) is 4.66. The topological polar surface area (TPSA) is 105 Å². The van der Waals surface area contributed by atoms with Crippen molar-refractivity contribution in [2.24, 2.45) is 5.73 Å². The molecule has 4 heterocycles. The molecule has 4 N–H and O–H groups in total. The molecule has 0 spiro atoms. The number of rotatable bonds is 5. The first kappa shape index (κ1) is 19.9. The molecule has 1 fully saturated rings. The van der Waals surface area contributed by atoms with E-state index in [2.05, 4.69) is 47.1 Å². The average Bonchev–Trinajstić information content (AvgIpc) is 3.47. The minimum atomic E-state index is -0.00468. The van der Waals surface area contributed by atoms with Crippen LogP contribution in [0.4, 0.5) is 5.82 Å². The van der Waals surface area contributed by atoms with E-state index in [1.807, 2.05) is 31.6 Å². The van der Waals surface area contributed by atoms with Gasteiger partial charge in [-0.15, -0.1) is 0 Å². The summed E-state index contributed by atoms with van der Waals surface area (Å²) in [6, 6.07) is 4.17. The zero-order chi connectivity index (χ0) is 21.8. The second kappa shape index (κ2) is 7.27. The highest BCUT2D eigenvalue weighted by Gasteiger charge is 2.28. The number of H-pyrrole nitrogens is 1. The minimum absolute atomic E-state index is 0.00468. The third-order valence-corrected chi connectivity index (χ3v) is 5.83. The van der Waals surface area contributed by atoms with Crippen LogP contribution in [-0.4, -0.2) is 37.5 Å². The van der Waals surface area contributed by atoms with E-state index >= 15 is 0 Å². The standard InChI is InChI=1S/C24H29N7/c1-13(25)10-28-23-20-17(14-5-6-14)11-26-12-18(20)29-22(31-23)15-7-8-27-21-16(15)9-19(30-21)24(2,3)4/h7-9,11-14H,5-6,10,25H2,1-4H3,(H,27,30)(H,28,29,31). The molecule has 1 unspecified atom stereocenters. The fourth-order valence-corrected chi connectivity index (χ4v) is 3.94. The molecule has 1 atom stereocenters. The van der Waals surface area contributed by atoms with E-state index < -0.39 is 0 Å². The molecule has 0 aliphatic heterocycles. The predicted octanol–water partition coefficient (Wildman–Crippen LogP) is 4.50. The Hall–Kier alpha value is -3.06. The van der Waals surface area contributed by atoms with Crippen molar-refractivity contribution in [3.63, 3.8) is 0 Å². The minimum Gasteiger partial charge on any atom is -0.368 e. The van der Waals surface area contributed by atoms with E-state index in [4.69, 9.17) is 15.7 Å². The Morgan fingerprint density at radius 1 is 1.23 bits per heavy atom. The Morgan fingerprint density at radius 2 is 2.03 bits per heavy atom. The molecule has 1 aliphatic carbocycles. The summed E-state index contributed by atoms with van der Waals surface area (Å²) in [4.78, 5) is 22.4. The highest BCUT2D eigenvalue weighted by Crippen LogP contribution is 2.44. The van der Waals surface area contributed by atoms with Gasteiger partial charge in [0.1, 0.15) is 11.5 Å². The van der Waals surface area contributed by atoms with E-state index in [1.54, 1.807) is 0 Å². The van der Waals surface area contributed by atoms with Crippen molar-refractivity contribution in [3.05, 3.63) is 42.0 Å². The van der Waals surface area contributed by atoms with Gasteiger partial charge in [-0.1, -0.05) is 20.8 Å². The van der Waals surface area contributed by atoms with Gasteiger partial charge in [-0.05, 0) is 43.4 Å². The van der Waals surface area contributed by atoms with Gasteiger partial charge in [0, 0.05) is 52.4 Å². The molecule has 4 aromatic heterocycles. The van der Waals surface area contributed by atoms with Crippen molar-refractivity contribution in [3.8, 4) is 11.4 Å². The average molecular weight is 416 g/mol. The predicted molar refractivity (Wildman–Crippen MR) is 125 cm³/mol. The maximum Gasteiger partial charge on any atom is 0.163 e. The molecule has 0 amide bonds. The normalized spacial score (nSPS) is 15.5. The van der Waals surface area contributed by atoms with Crippen LogP contribution < -0.4 is 11.1 Å². The number of aromatic amines is 1. The van der Waals surface area contributed by atoms with Crippen molar-refractivity contribution < 1.29 is 0 Å². The number of fused-ring (bicyclic) bond motifs is 2. The molecule has 7 nitrogen and oxygen atoms in total. The first-order chi connectivity index (χ1) is 14.8. The van der Waals surface area contributed by atoms with E-state index in [-0.39, 0.29) is 11.5 Å². The molecular formula is C24H29N7. The summed E-state index contributed by atoms with van der Waals surface area (Å²) in [7, 11) is 0. The molecule has 0 aromatic carbocycles. The van der Waals surface area contributed by atoms with Gasteiger partial charge in [0.15, 0.2) is 5.82 Å². The Labute approximate surface area is 181 Å². The van der Waals surface area contributed by atoms with E-state index in [1.165, 1.54) is 18.4 Å². The number of nitrogens with one attached hydrogen (secondary N) is 2. The van der Waals surface area contributed by atoms with E-state index in [0.717, 1.165) is 39.0 Å². The summed E-state index contributed by atoms with van der Waals surface area (Å²) in [5.74, 6) is 2.05. The van der Waals surface area contributed by atoms with E-state index in [0.29, 0.717) is 18.3 Å². The number of anilines is 1. The summed E-state index contributed by atoms with van der Waals surface area (Å²) in [6.45, 7) is 9.18. The molecule has 0 radical (unpaired) electrons. The van der Waals surface area contributed by atoms with E-state index in [9.17, 15) is 0 Å². The third-order valence-electron chi connectivity index (χ3n) is 5.83. The molecule has 0 bridgehead atoms. The summed E-state index contributed by atoms with van der Waals surface area (Å²) in [5, 5.41) is 5.56. The Bertz CT molecular complexity index is 1260. The van der Waals surface area contributed by atoms with Crippen LogP contribution >= 0.6 is 0 Å². The number of nitrogens with two attached hydrogens (primary N) is 1. The smallest absolute Gasteiger partial charge is 0.163 e. The lowest BCUT2D eigenvalue weighted by Gasteiger charge is -2.15. The van der Waals surface area contributed by atoms with Gasteiger partial charge >= 0.3 is 0 Å². The zero-order valence-corrected chi connectivity index (χ0v) is 18.5. The largest absolute Gasteiger partial charge is 0.368 e. The van der Waals surface area contributed by atoms with Crippen LogP contribution in [0.2, 0.25) is 0 Å². The van der Waals surface area contributed by atoms with Crippen molar-refractivity contribution in [1.82, 2.24) is 24.9 Å². The lowest BCUT2D eigenvalue weighted by molar-refractivity contribution is 0.574. The quantitative estimate of drug-likeness (QED) is 0.443. The van der Waals surface area contributed by atoms with Crippen LogP contribution in [0.5, 0.6) is 0 Å². The highest BCUT2D eigenvalue weighted by molar-refractivity contribution is 5.97. The van der Waals surface area contributed by atoms with Crippen molar-refractivity contribution in [2.75, 3.05) is 11.9 Å². The molecule has 1 aliphatic rings. The van der Waals surface area contributed by atoms with Gasteiger partial charge in [-0.2, -0.15) is 0 Å². The Morgan fingerprint density at radius 3 is 2.74 bits per heavy atom. The van der Waals surface area contributed by atoms with Gasteiger partial charge in [0.05, 0.1) is 11.7 Å².